The van der Waals surface area contributed by atoms with E-state index in [0.717, 1.165) is 30.0 Å². The molecule has 1 aliphatic rings. The molecule has 32 heavy (non-hydrogen) atoms. The minimum Gasteiger partial charge on any atom is -0.497 e. The second-order valence-electron chi connectivity index (χ2n) is 8.03. The van der Waals surface area contributed by atoms with E-state index in [9.17, 15) is 4.79 Å². The lowest BCUT2D eigenvalue weighted by molar-refractivity contribution is 0.0924. The highest BCUT2D eigenvalue weighted by atomic mass is 35.5. The number of methoxy groups -OCH3 is 1. The summed E-state index contributed by atoms with van der Waals surface area (Å²) in [7, 11) is 1.62. The smallest absolute Gasteiger partial charge is 0.273 e. The molecule has 1 saturated heterocycles. The fraction of sp³-hybridized carbons (Fsp3) is 0.360. The van der Waals surface area contributed by atoms with Crippen molar-refractivity contribution in [2.24, 2.45) is 0 Å². The zero-order valence-corrected chi connectivity index (χ0v) is 19.0. The van der Waals surface area contributed by atoms with Gasteiger partial charge in [0, 0.05) is 23.2 Å². The summed E-state index contributed by atoms with van der Waals surface area (Å²) in [4.78, 5) is 15.3. The van der Waals surface area contributed by atoms with Gasteiger partial charge in [0.1, 0.15) is 5.75 Å². The van der Waals surface area contributed by atoms with Gasteiger partial charge in [-0.25, -0.2) is 0 Å². The molecule has 168 valence electrons. The highest BCUT2D eigenvalue weighted by Gasteiger charge is 2.23. The molecule has 7 heteroatoms. The Kier molecular flexibility index (Phi) is 7.45. The number of hydrogen-bond acceptors (Lipinski definition) is 5. The highest BCUT2D eigenvalue weighted by Crippen LogP contribution is 2.26. The zero-order chi connectivity index (χ0) is 22.3. The summed E-state index contributed by atoms with van der Waals surface area (Å²) in [6.45, 7) is 2.54. The zero-order valence-electron chi connectivity index (χ0n) is 18.2. The van der Waals surface area contributed by atoms with E-state index in [1.807, 2.05) is 48.5 Å². The number of carbonyl (C=O) groups is 1. The fourth-order valence-corrected chi connectivity index (χ4v) is 4.23. The third-order valence-corrected chi connectivity index (χ3v) is 6.16. The molecule has 0 spiro atoms. The van der Waals surface area contributed by atoms with Crippen LogP contribution in [-0.2, 0) is 0 Å². The summed E-state index contributed by atoms with van der Waals surface area (Å²) >= 11 is 6.10. The van der Waals surface area contributed by atoms with Crippen molar-refractivity contribution in [3.05, 3.63) is 70.9 Å². The largest absolute Gasteiger partial charge is 0.497 e. The van der Waals surface area contributed by atoms with Gasteiger partial charge in [-0.3, -0.25) is 9.69 Å². The molecular weight excluding hydrogens is 426 g/mol. The topological polar surface area (TPSA) is 67.6 Å². The predicted octanol–water partition coefficient (Wildman–Crippen LogP) is 5.35. The van der Waals surface area contributed by atoms with E-state index in [2.05, 4.69) is 15.4 Å². The summed E-state index contributed by atoms with van der Waals surface area (Å²) in [6, 6.07) is 17.1. The van der Waals surface area contributed by atoms with Crippen molar-refractivity contribution >= 4 is 17.5 Å². The number of hydrogen-bond donors (Lipinski definition) is 1. The maximum atomic E-state index is 12.8. The van der Waals surface area contributed by atoms with Gasteiger partial charge in [-0.15, -0.1) is 0 Å². The van der Waals surface area contributed by atoms with Crippen LogP contribution in [0.4, 0.5) is 0 Å². The number of carbonyl (C=O) groups excluding carboxylic acids is 1. The molecule has 0 radical (unpaired) electrons. The fourth-order valence-electron chi connectivity index (χ4n) is 4.10. The summed E-state index contributed by atoms with van der Waals surface area (Å²) in [5, 5.41) is 7.74. The standard InChI is InChI=1S/C25H28ClN3O3/c1-31-21-12-8-19(9-13-21)24-16-22(28-32-24)25(30)27-17-23(18-6-10-20(26)11-7-18)29-14-4-2-3-5-15-29/h6-13,16,23H,2-5,14-15,17H2,1H3,(H,27,30). The maximum Gasteiger partial charge on any atom is 0.273 e. The molecule has 1 aromatic heterocycles. The van der Waals surface area contributed by atoms with E-state index >= 15 is 0 Å². The lowest BCUT2D eigenvalue weighted by Gasteiger charge is -2.31. The monoisotopic (exact) mass is 453 g/mol. The Morgan fingerprint density at radius 3 is 2.44 bits per heavy atom. The van der Waals surface area contributed by atoms with Gasteiger partial charge in [-0.05, 0) is 67.9 Å². The van der Waals surface area contributed by atoms with E-state index in [-0.39, 0.29) is 17.6 Å². The van der Waals surface area contributed by atoms with Crippen LogP contribution in [0.3, 0.4) is 0 Å². The van der Waals surface area contributed by atoms with Crippen molar-refractivity contribution in [2.75, 3.05) is 26.7 Å². The van der Waals surface area contributed by atoms with Crippen LogP contribution in [0, 0.1) is 0 Å². The van der Waals surface area contributed by atoms with Gasteiger partial charge < -0.3 is 14.6 Å². The Hall–Kier alpha value is -2.83. The number of benzene rings is 2. The molecule has 3 aromatic rings. The molecule has 6 nitrogen and oxygen atoms in total. The van der Waals surface area contributed by atoms with Gasteiger partial charge in [0.05, 0.1) is 13.2 Å². The van der Waals surface area contributed by atoms with E-state index in [4.69, 9.17) is 20.9 Å². The number of aromatic nitrogens is 1. The minimum absolute atomic E-state index is 0.0854. The predicted molar refractivity (Wildman–Crippen MR) is 125 cm³/mol. The number of nitrogens with one attached hydrogen (secondary N) is 1. The third kappa shape index (κ3) is 5.50. The number of amides is 1. The van der Waals surface area contributed by atoms with Crippen molar-refractivity contribution in [2.45, 2.75) is 31.7 Å². The van der Waals surface area contributed by atoms with Crippen LogP contribution < -0.4 is 10.1 Å². The average molecular weight is 454 g/mol. The normalized spacial score (nSPS) is 15.7. The van der Waals surface area contributed by atoms with Crippen LogP contribution >= 0.6 is 11.6 Å². The number of rotatable bonds is 7. The summed E-state index contributed by atoms with van der Waals surface area (Å²) < 4.78 is 10.6. The Morgan fingerprint density at radius 2 is 1.78 bits per heavy atom. The first kappa shape index (κ1) is 22.4. The van der Waals surface area contributed by atoms with Crippen molar-refractivity contribution < 1.29 is 14.1 Å². The van der Waals surface area contributed by atoms with Crippen LogP contribution in [0.25, 0.3) is 11.3 Å². The molecule has 0 aliphatic carbocycles. The van der Waals surface area contributed by atoms with Gasteiger partial charge in [-0.2, -0.15) is 0 Å². The van der Waals surface area contributed by atoms with Gasteiger partial charge in [0.2, 0.25) is 0 Å². The first-order chi connectivity index (χ1) is 15.6. The van der Waals surface area contributed by atoms with Crippen LogP contribution in [0.5, 0.6) is 5.75 Å². The molecular formula is C25H28ClN3O3. The highest BCUT2D eigenvalue weighted by molar-refractivity contribution is 6.30. The van der Waals surface area contributed by atoms with Crippen molar-refractivity contribution in [1.29, 1.82) is 0 Å². The second kappa shape index (κ2) is 10.7. The summed E-state index contributed by atoms with van der Waals surface area (Å²) in [5.74, 6) is 1.05. The number of likely N-dealkylation sites (tertiary alicyclic amines) is 1. The van der Waals surface area contributed by atoms with Crippen LogP contribution in [0.15, 0.2) is 59.1 Å². The van der Waals surface area contributed by atoms with Crippen LogP contribution in [0.1, 0.15) is 47.8 Å². The molecule has 1 aliphatic heterocycles. The van der Waals surface area contributed by atoms with E-state index < -0.39 is 0 Å². The molecule has 2 aromatic carbocycles. The third-order valence-electron chi connectivity index (χ3n) is 5.91. The van der Waals surface area contributed by atoms with Gasteiger partial charge in [-0.1, -0.05) is 41.7 Å². The SMILES string of the molecule is COc1ccc(-c2cc(C(=O)NCC(c3ccc(Cl)cc3)N3CCCCCC3)no2)cc1. The molecule has 1 N–H and O–H groups in total. The molecule has 0 bridgehead atoms. The van der Waals surface area contributed by atoms with Crippen molar-refractivity contribution in [3.8, 4) is 17.1 Å². The quantitative estimate of drug-likeness (QED) is 0.522. The van der Waals surface area contributed by atoms with Gasteiger partial charge in [0.15, 0.2) is 11.5 Å². The second-order valence-corrected chi connectivity index (χ2v) is 8.47. The molecule has 1 amide bonds. The molecule has 1 unspecified atom stereocenters. The lowest BCUT2D eigenvalue weighted by Crippen LogP contribution is -2.38. The summed E-state index contributed by atoms with van der Waals surface area (Å²) in [6.07, 6.45) is 4.85. The molecule has 1 atom stereocenters. The molecule has 4 rings (SSSR count). The average Bonchev–Trinajstić information content (AvgIpc) is 3.17. The van der Waals surface area contributed by atoms with E-state index in [1.165, 1.54) is 25.7 Å². The maximum absolute atomic E-state index is 12.8. The Bertz CT molecular complexity index is 1010. The van der Waals surface area contributed by atoms with E-state index in [1.54, 1.807) is 13.2 Å². The Balaban J connectivity index is 1.45. The first-order valence-corrected chi connectivity index (χ1v) is 11.4. The van der Waals surface area contributed by atoms with Crippen LogP contribution in [0.2, 0.25) is 5.02 Å². The van der Waals surface area contributed by atoms with Gasteiger partial charge >= 0.3 is 0 Å². The number of nitrogens with zero attached hydrogens (tertiary/aromatic N) is 2. The van der Waals surface area contributed by atoms with E-state index in [0.29, 0.717) is 17.3 Å². The van der Waals surface area contributed by atoms with Gasteiger partial charge in [0.25, 0.3) is 5.91 Å². The molecule has 2 heterocycles. The van der Waals surface area contributed by atoms with Crippen molar-refractivity contribution in [1.82, 2.24) is 15.4 Å². The lowest BCUT2D eigenvalue weighted by atomic mass is 10.0. The molecule has 1 fully saturated rings. The summed E-state index contributed by atoms with van der Waals surface area (Å²) in [5.41, 5.74) is 2.25. The first-order valence-electron chi connectivity index (χ1n) is 11.0. The minimum atomic E-state index is -0.248. The van der Waals surface area contributed by atoms with Crippen LogP contribution in [-0.4, -0.2) is 42.7 Å². The number of halogens is 1. The number of ether oxygens (including phenoxy) is 1. The molecule has 0 saturated carbocycles. The Labute approximate surface area is 193 Å². The van der Waals surface area contributed by atoms with Crippen molar-refractivity contribution in [3.63, 3.8) is 0 Å². The Morgan fingerprint density at radius 1 is 1.09 bits per heavy atom.